The Morgan fingerprint density at radius 3 is 2.46 bits per heavy atom. The number of H-pyrrole nitrogens is 1. The molecule has 11 heteroatoms. The molecule has 0 saturated carbocycles. The number of benzene rings is 2. The number of pyridine rings is 1. The molecule has 2 aromatic carbocycles. The standard InChI is InChI=1S/C24H23F2N3O5S/c1-3-33-21-12-16(9-10-20(21)34-23(25)26)19(14-35(2,31)32)29-22-18(28-24(29)30)11-17(13-27-22)15-7-5-4-6-8-15/h4-13,19,23H,3,14H2,1-2H3,(H,28,30)/t19-/m0/s1. The number of sulfone groups is 1. The Labute approximate surface area is 200 Å². The first-order valence-electron chi connectivity index (χ1n) is 10.7. The minimum absolute atomic E-state index is 0.0102. The summed E-state index contributed by atoms with van der Waals surface area (Å²) in [6.45, 7) is -1.23. The number of imidazole rings is 1. The number of fused-ring (bicyclic) bond motifs is 1. The first kappa shape index (κ1) is 24.4. The summed E-state index contributed by atoms with van der Waals surface area (Å²) < 4.78 is 61.5. The lowest BCUT2D eigenvalue weighted by Gasteiger charge is -2.20. The molecule has 0 bridgehead atoms. The Balaban J connectivity index is 1.86. The maximum atomic E-state index is 13.0. The number of halogens is 2. The molecule has 184 valence electrons. The van der Waals surface area contributed by atoms with Crippen LogP contribution >= 0.6 is 0 Å². The van der Waals surface area contributed by atoms with Gasteiger partial charge in [0.05, 0.1) is 23.9 Å². The Hall–Kier alpha value is -3.73. The molecule has 0 fully saturated rings. The second kappa shape index (κ2) is 9.87. The lowest BCUT2D eigenvalue weighted by atomic mass is 10.1. The maximum absolute atomic E-state index is 13.0. The third kappa shape index (κ3) is 5.51. The fourth-order valence-electron chi connectivity index (χ4n) is 3.89. The molecule has 0 aliphatic carbocycles. The first-order valence-corrected chi connectivity index (χ1v) is 12.8. The average molecular weight is 504 g/mol. The molecule has 0 radical (unpaired) electrons. The van der Waals surface area contributed by atoms with Gasteiger partial charge in [-0.3, -0.25) is 4.57 Å². The van der Waals surface area contributed by atoms with Gasteiger partial charge >= 0.3 is 12.3 Å². The molecular formula is C24H23F2N3O5S. The lowest BCUT2D eigenvalue weighted by Crippen LogP contribution is -2.28. The number of rotatable bonds is 9. The molecule has 2 aromatic heterocycles. The van der Waals surface area contributed by atoms with Crippen LogP contribution in [0.4, 0.5) is 8.78 Å². The summed E-state index contributed by atoms with van der Waals surface area (Å²) in [6, 6.07) is 14.3. The summed E-state index contributed by atoms with van der Waals surface area (Å²) in [4.78, 5) is 20.2. The van der Waals surface area contributed by atoms with Crippen LogP contribution in [-0.2, 0) is 9.84 Å². The van der Waals surface area contributed by atoms with Crippen molar-refractivity contribution in [2.45, 2.75) is 19.6 Å². The van der Waals surface area contributed by atoms with E-state index >= 15 is 0 Å². The van der Waals surface area contributed by atoms with Crippen molar-refractivity contribution >= 4 is 21.0 Å². The zero-order chi connectivity index (χ0) is 25.2. The van der Waals surface area contributed by atoms with E-state index in [4.69, 9.17) is 4.74 Å². The van der Waals surface area contributed by atoms with Crippen LogP contribution in [-0.4, -0.2) is 48.2 Å². The van der Waals surface area contributed by atoms with Crippen LogP contribution < -0.4 is 15.2 Å². The Bertz CT molecular complexity index is 1500. The van der Waals surface area contributed by atoms with Crippen LogP contribution in [0.25, 0.3) is 22.3 Å². The van der Waals surface area contributed by atoms with E-state index in [1.165, 1.54) is 22.8 Å². The molecule has 0 unspecified atom stereocenters. The van der Waals surface area contributed by atoms with Gasteiger partial charge in [0.1, 0.15) is 9.84 Å². The summed E-state index contributed by atoms with van der Waals surface area (Å²) in [5.74, 6) is -0.612. The number of hydrogen-bond acceptors (Lipinski definition) is 6. The molecule has 4 aromatic rings. The lowest BCUT2D eigenvalue weighted by molar-refractivity contribution is -0.0514. The maximum Gasteiger partial charge on any atom is 0.387 e. The minimum Gasteiger partial charge on any atom is -0.490 e. The van der Waals surface area contributed by atoms with Gasteiger partial charge in [-0.2, -0.15) is 8.78 Å². The van der Waals surface area contributed by atoms with Crippen molar-refractivity contribution in [2.75, 3.05) is 18.6 Å². The van der Waals surface area contributed by atoms with Gasteiger partial charge in [0.15, 0.2) is 17.1 Å². The summed E-state index contributed by atoms with van der Waals surface area (Å²) in [6.07, 6.45) is 2.66. The Morgan fingerprint density at radius 2 is 1.80 bits per heavy atom. The van der Waals surface area contributed by atoms with E-state index in [0.717, 1.165) is 17.4 Å². The van der Waals surface area contributed by atoms with Crippen molar-refractivity contribution in [2.24, 2.45) is 0 Å². The third-order valence-corrected chi connectivity index (χ3v) is 6.22. The van der Waals surface area contributed by atoms with Crippen LogP contribution in [0.1, 0.15) is 18.5 Å². The van der Waals surface area contributed by atoms with Crippen molar-refractivity contribution < 1.29 is 26.7 Å². The fraction of sp³-hybridized carbons (Fsp3) is 0.250. The number of alkyl halides is 2. The normalized spacial score (nSPS) is 12.7. The van der Waals surface area contributed by atoms with Gasteiger partial charge in [-0.1, -0.05) is 36.4 Å². The molecule has 0 spiro atoms. The van der Waals surface area contributed by atoms with E-state index in [0.29, 0.717) is 11.1 Å². The number of aromatic nitrogens is 3. The second-order valence-corrected chi connectivity index (χ2v) is 10.1. The zero-order valence-corrected chi connectivity index (χ0v) is 19.8. The second-order valence-electron chi connectivity index (χ2n) is 7.89. The topological polar surface area (TPSA) is 103 Å². The van der Waals surface area contributed by atoms with E-state index in [1.807, 2.05) is 30.3 Å². The van der Waals surface area contributed by atoms with Crippen LogP contribution in [0, 0.1) is 0 Å². The van der Waals surface area contributed by atoms with E-state index in [1.54, 1.807) is 19.2 Å². The SMILES string of the molecule is CCOc1cc([C@H](CS(C)(=O)=O)n2c(=O)[nH]c3cc(-c4ccccc4)cnc32)ccc1OC(F)F. The molecule has 35 heavy (non-hydrogen) atoms. The number of aromatic amines is 1. The van der Waals surface area contributed by atoms with Gasteiger partial charge in [-0.25, -0.2) is 18.2 Å². The molecule has 0 aliphatic heterocycles. The van der Waals surface area contributed by atoms with Crippen molar-refractivity contribution in [3.05, 3.63) is 76.8 Å². The predicted molar refractivity (Wildman–Crippen MR) is 128 cm³/mol. The van der Waals surface area contributed by atoms with Crippen LogP contribution in [0.5, 0.6) is 11.5 Å². The van der Waals surface area contributed by atoms with E-state index in [-0.39, 0.29) is 23.8 Å². The third-order valence-electron chi connectivity index (χ3n) is 5.30. The van der Waals surface area contributed by atoms with Gasteiger partial charge in [0.2, 0.25) is 0 Å². The fourth-order valence-corrected chi connectivity index (χ4v) is 4.81. The van der Waals surface area contributed by atoms with Crippen molar-refractivity contribution in [3.8, 4) is 22.6 Å². The highest BCUT2D eigenvalue weighted by atomic mass is 32.2. The molecule has 1 N–H and O–H groups in total. The Kier molecular flexibility index (Phi) is 6.88. The van der Waals surface area contributed by atoms with Gasteiger partial charge < -0.3 is 14.5 Å². The summed E-state index contributed by atoms with van der Waals surface area (Å²) in [5, 5.41) is 0. The number of nitrogens with zero attached hydrogens (tertiary/aromatic N) is 2. The average Bonchev–Trinajstić information content (AvgIpc) is 3.13. The quantitative estimate of drug-likeness (QED) is 0.370. The van der Waals surface area contributed by atoms with Crippen molar-refractivity contribution in [1.29, 1.82) is 0 Å². The largest absolute Gasteiger partial charge is 0.490 e. The molecule has 2 heterocycles. The van der Waals surface area contributed by atoms with Gasteiger partial charge in [-0.05, 0) is 36.2 Å². The number of ether oxygens (including phenoxy) is 2. The van der Waals surface area contributed by atoms with E-state index in [2.05, 4.69) is 14.7 Å². The smallest absolute Gasteiger partial charge is 0.387 e. The first-order chi connectivity index (χ1) is 16.7. The van der Waals surface area contributed by atoms with Crippen LogP contribution in [0.3, 0.4) is 0 Å². The van der Waals surface area contributed by atoms with E-state index < -0.39 is 33.9 Å². The summed E-state index contributed by atoms with van der Waals surface area (Å²) in [5.41, 5.74) is 2.17. The monoisotopic (exact) mass is 503 g/mol. The number of hydrogen-bond donors (Lipinski definition) is 1. The molecule has 0 saturated heterocycles. The molecule has 0 amide bonds. The zero-order valence-electron chi connectivity index (χ0n) is 18.9. The van der Waals surface area contributed by atoms with Gasteiger partial charge in [-0.15, -0.1) is 0 Å². The van der Waals surface area contributed by atoms with Crippen molar-refractivity contribution in [3.63, 3.8) is 0 Å². The van der Waals surface area contributed by atoms with Crippen LogP contribution in [0.2, 0.25) is 0 Å². The Morgan fingerprint density at radius 1 is 1.06 bits per heavy atom. The highest BCUT2D eigenvalue weighted by Gasteiger charge is 2.26. The highest BCUT2D eigenvalue weighted by molar-refractivity contribution is 7.90. The van der Waals surface area contributed by atoms with E-state index in [9.17, 15) is 22.0 Å². The predicted octanol–water partition coefficient (Wildman–Crippen LogP) is 4.03. The molecule has 4 rings (SSSR count). The van der Waals surface area contributed by atoms with Crippen LogP contribution in [0.15, 0.2) is 65.6 Å². The van der Waals surface area contributed by atoms with Crippen molar-refractivity contribution in [1.82, 2.24) is 14.5 Å². The number of nitrogens with one attached hydrogen (secondary N) is 1. The molecule has 1 atom stereocenters. The highest BCUT2D eigenvalue weighted by Crippen LogP contribution is 2.34. The molecule has 0 aliphatic rings. The molecule has 8 nitrogen and oxygen atoms in total. The summed E-state index contributed by atoms with van der Waals surface area (Å²) in [7, 11) is -3.58. The minimum atomic E-state index is -3.58. The van der Waals surface area contributed by atoms with Gasteiger partial charge in [0.25, 0.3) is 0 Å². The molecular weight excluding hydrogens is 480 g/mol. The summed E-state index contributed by atoms with van der Waals surface area (Å²) >= 11 is 0. The van der Waals surface area contributed by atoms with Gasteiger partial charge in [0, 0.05) is 18.0 Å².